The van der Waals surface area contributed by atoms with Crippen molar-refractivity contribution in [2.24, 2.45) is 5.92 Å². The summed E-state index contributed by atoms with van der Waals surface area (Å²) in [6.45, 7) is 6.32. The number of aliphatic hydroxyl groups is 1. The van der Waals surface area contributed by atoms with Crippen LogP contribution < -0.4 is 0 Å². The average Bonchev–Trinajstić information content (AvgIpc) is 2.31. The smallest absolute Gasteiger partial charge is 0.156 e. The number of rotatable bonds is 8. The van der Waals surface area contributed by atoms with Crippen LogP contribution in [-0.2, 0) is 4.74 Å². The molecule has 1 N–H and O–H groups in total. The summed E-state index contributed by atoms with van der Waals surface area (Å²) in [5.74, 6) is 0.145. The fourth-order valence-corrected chi connectivity index (χ4v) is 1.50. The largest absolute Gasteiger partial charge is 0.368 e. The molecule has 94 valence electrons. The maximum atomic E-state index is 9.48. The SMILES string of the molecule is CCC=CC(=CCC(C)C(O)OC)CCC. The molecule has 0 aliphatic heterocycles. The summed E-state index contributed by atoms with van der Waals surface area (Å²) in [6.07, 6.45) is 10.1. The first-order valence-electron chi connectivity index (χ1n) is 6.22. The summed E-state index contributed by atoms with van der Waals surface area (Å²) in [6, 6.07) is 0. The van der Waals surface area contributed by atoms with Crippen LogP contribution in [0.5, 0.6) is 0 Å². The van der Waals surface area contributed by atoms with Gasteiger partial charge in [-0.05, 0) is 19.3 Å². The average molecular weight is 226 g/mol. The van der Waals surface area contributed by atoms with Crippen LogP contribution in [0, 0.1) is 5.92 Å². The van der Waals surface area contributed by atoms with Gasteiger partial charge in [0.25, 0.3) is 0 Å². The third-order valence-corrected chi connectivity index (χ3v) is 2.59. The molecule has 0 aromatic rings. The molecule has 2 unspecified atom stereocenters. The number of hydrogen-bond donors (Lipinski definition) is 1. The highest BCUT2D eigenvalue weighted by molar-refractivity contribution is 5.18. The molecular formula is C14H26O2. The van der Waals surface area contributed by atoms with E-state index in [1.807, 2.05) is 6.92 Å². The lowest BCUT2D eigenvalue weighted by molar-refractivity contribution is -0.107. The van der Waals surface area contributed by atoms with Crippen LogP contribution in [0.1, 0.15) is 46.5 Å². The maximum Gasteiger partial charge on any atom is 0.156 e. The van der Waals surface area contributed by atoms with E-state index >= 15 is 0 Å². The van der Waals surface area contributed by atoms with Gasteiger partial charge >= 0.3 is 0 Å². The van der Waals surface area contributed by atoms with Crippen LogP contribution in [0.3, 0.4) is 0 Å². The quantitative estimate of drug-likeness (QED) is 0.505. The Kier molecular flexibility index (Phi) is 9.25. The molecular weight excluding hydrogens is 200 g/mol. The van der Waals surface area contributed by atoms with Crippen LogP contribution in [0.15, 0.2) is 23.8 Å². The summed E-state index contributed by atoms with van der Waals surface area (Å²) < 4.78 is 4.89. The van der Waals surface area contributed by atoms with Crippen molar-refractivity contribution in [1.29, 1.82) is 0 Å². The summed E-state index contributed by atoms with van der Waals surface area (Å²) in [7, 11) is 1.54. The van der Waals surface area contributed by atoms with E-state index in [0.717, 1.165) is 25.7 Å². The van der Waals surface area contributed by atoms with E-state index in [0.29, 0.717) is 0 Å². The Morgan fingerprint density at radius 2 is 2.06 bits per heavy atom. The van der Waals surface area contributed by atoms with Crippen molar-refractivity contribution in [2.75, 3.05) is 7.11 Å². The molecule has 2 nitrogen and oxygen atoms in total. The Balaban J connectivity index is 4.26. The minimum absolute atomic E-state index is 0.145. The summed E-state index contributed by atoms with van der Waals surface area (Å²) in [5.41, 5.74) is 1.36. The molecule has 16 heavy (non-hydrogen) atoms. The van der Waals surface area contributed by atoms with Gasteiger partial charge in [-0.3, -0.25) is 0 Å². The van der Waals surface area contributed by atoms with Crippen molar-refractivity contribution in [3.63, 3.8) is 0 Å². The Morgan fingerprint density at radius 3 is 2.56 bits per heavy atom. The molecule has 0 heterocycles. The lowest BCUT2D eigenvalue weighted by Crippen LogP contribution is -2.18. The zero-order valence-electron chi connectivity index (χ0n) is 11.1. The van der Waals surface area contributed by atoms with Crippen LogP contribution >= 0.6 is 0 Å². The summed E-state index contributed by atoms with van der Waals surface area (Å²) >= 11 is 0. The molecule has 0 aliphatic carbocycles. The predicted molar refractivity (Wildman–Crippen MR) is 69.2 cm³/mol. The third kappa shape index (κ3) is 6.81. The van der Waals surface area contributed by atoms with Crippen molar-refractivity contribution >= 4 is 0 Å². The molecule has 0 aliphatic rings. The molecule has 0 amide bonds. The van der Waals surface area contributed by atoms with E-state index in [4.69, 9.17) is 4.74 Å². The Hall–Kier alpha value is -0.600. The monoisotopic (exact) mass is 226 g/mol. The second-order valence-electron chi connectivity index (χ2n) is 4.18. The highest BCUT2D eigenvalue weighted by Crippen LogP contribution is 2.14. The summed E-state index contributed by atoms with van der Waals surface area (Å²) in [5, 5.41) is 9.48. The van der Waals surface area contributed by atoms with Gasteiger partial charge in [-0.15, -0.1) is 0 Å². The van der Waals surface area contributed by atoms with Gasteiger partial charge in [-0.2, -0.15) is 0 Å². The van der Waals surface area contributed by atoms with Gasteiger partial charge in [0.1, 0.15) is 0 Å². The standard InChI is InChI=1S/C14H26O2/c1-5-7-9-13(8-6-2)11-10-12(3)14(15)16-4/h7,9,11-12,14-15H,5-6,8,10H2,1-4H3. The number of hydrogen-bond acceptors (Lipinski definition) is 2. The van der Waals surface area contributed by atoms with E-state index in [1.165, 1.54) is 12.7 Å². The zero-order valence-corrected chi connectivity index (χ0v) is 11.1. The van der Waals surface area contributed by atoms with Gasteiger partial charge in [0.2, 0.25) is 0 Å². The van der Waals surface area contributed by atoms with Gasteiger partial charge in [-0.25, -0.2) is 0 Å². The second kappa shape index (κ2) is 9.61. The first kappa shape index (κ1) is 15.4. The van der Waals surface area contributed by atoms with E-state index in [1.54, 1.807) is 0 Å². The van der Waals surface area contributed by atoms with E-state index in [-0.39, 0.29) is 5.92 Å². The number of allylic oxidation sites excluding steroid dienone is 4. The summed E-state index contributed by atoms with van der Waals surface area (Å²) in [4.78, 5) is 0. The fraction of sp³-hybridized carbons (Fsp3) is 0.714. The van der Waals surface area contributed by atoms with Gasteiger partial charge in [0.05, 0.1) is 0 Å². The van der Waals surface area contributed by atoms with Gasteiger partial charge in [0.15, 0.2) is 6.29 Å². The van der Waals surface area contributed by atoms with Crippen molar-refractivity contribution in [1.82, 2.24) is 0 Å². The van der Waals surface area contributed by atoms with E-state index in [2.05, 4.69) is 32.1 Å². The van der Waals surface area contributed by atoms with Gasteiger partial charge in [0, 0.05) is 13.0 Å². The zero-order chi connectivity index (χ0) is 12.4. The van der Waals surface area contributed by atoms with E-state index < -0.39 is 6.29 Å². The van der Waals surface area contributed by atoms with Gasteiger partial charge in [-0.1, -0.05) is 51.0 Å². The Bertz CT molecular complexity index is 219. The number of ether oxygens (including phenoxy) is 1. The van der Waals surface area contributed by atoms with Crippen molar-refractivity contribution < 1.29 is 9.84 Å². The molecule has 2 atom stereocenters. The van der Waals surface area contributed by atoms with Crippen molar-refractivity contribution in [3.8, 4) is 0 Å². The Labute approximate surface area is 100 Å². The van der Waals surface area contributed by atoms with Crippen LogP contribution in [0.25, 0.3) is 0 Å². The lowest BCUT2D eigenvalue weighted by atomic mass is 10.0. The minimum Gasteiger partial charge on any atom is -0.368 e. The normalized spacial score (nSPS) is 16.7. The molecule has 0 saturated heterocycles. The number of aliphatic hydroxyl groups excluding tert-OH is 1. The fourth-order valence-electron chi connectivity index (χ4n) is 1.50. The van der Waals surface area contributed by atoms with Crippen molar-refractivity contribution in [2.45, 2.75) is 52.7 Å². The van der Waals surface area contributed by atoms with Gasteiger partial charge < -0.3 is 9.84 Å². The molecule has 0 rings (SSSR count). The molecule has 0 spiro atoms. The van der Waals surface area contributed by atoms with E-state index in [9.17, 15) is 5.11 Å². The van der Waals surface area contributed by atoms with Crippen molar-refractivity contribution in [3.05, 3.63) is 23.8 Å². The predicted octanol–water partition coefficient (Wildman–Crippen LogP) is 3.67. The van der Waals surface area contributed by atoms with Crippen LogP contribution in [-0.4, -0.2) is 18.5 Å². The highest BCUT2D eigenvalue weighted by Gasteiger charge is 2.11. The van der Waals surface area contributed by atoms with Crippen LogP contribution in [0.4, 0.5) is 0 Å². The topological polar surface area (TPSA) is 29.5 Å². The minimum atomic E-state index is -0.658. The highest BCUT2D eigenvalue weighted by atomic mass is 16.6. The molecule has 0 fully saturated rings. The molecule has 0 aromatic carbocycles. The molecule has 0 bridgehead atoms. The first-order chi connectivity index (χ1) is 7.65. The lowest BCUT2D eigenvalue weighted by Gasteiger charge is -2.15. The molecule has 0 radical (unpaired) electrons. The maximum absolute atomic E-state index is 9.48. The molecule has 0 saturated carbocycles. The Morgan fingerprint density at radius 1 is 1.38 bits per heavy atom. The molecule has 0 aromatic heterocycles. The second-order valence-corrected chi connectivity index (χ2v) is 4.18. The third-order valence-electron chi connectivity index (χ3n) is 2.59. The first-order valence-corrected chi connectivity index (χ1v) is 6.22. The molecule has 2 heteroatoms. The number of methoxy groups -OCH3 is 1. The van der Waals surface area contributed by atoms with Crippen LogP contribution in [0.2, 0.25) is 0 Å².